The average molecular weight is 423 g/mol. The second-order valence-corrected chi connectivity index (χ2v) is 10.9. The number of carboxylic acid groups (broad SMARTS) is 3. The SMILES string of the molecule is CC(CCC(=O)O)C1CCC2C(C(=O)O)C(C3(C)CCCCC3C(=O)O)CCC12C. The lowest BCUT2D eigenvalue weighted by Crippen LogP contribution is -2.53. The van der Waals surface area contributed by atoms with Crippen LogP contribution in [0.4, 0.5) is 0 Å². The van der Waals surface area contributed by atoms with Crippen LogP contribution < -0.4 is 0 Å². The Hall–Kier alpha value is -1.59. The molecule has 3 rings (SSSR count). The molecule has 0 spiro atoms. The van der Waals surface area contributed by atoms with Crippen LogP contribution in [-0.4, -0.2) is 33.2 Å². The molecule has 8 atom stereocenters. The highest BCUT2D eigenvalue weighted by molar-refractivity contribution is 5.73. The molecule has 0 aromatic heterocycles. The second-order valence-electron chi connectivity index (χ2n) is 10.9. The summed E-state index contributed by atoms with van der Waals surface area (Å²) >= 11 is 0. The molecule has 8 unspecified atom stereocenters. The Labute approximate surface area is 179 Å². The van der Waals surface area contributed by atoms with Crippen LogP contribution >= 0.6 is 0 Å². The largest absolute Gasteiger partial charge is 0.481 e. The molecule has 170 valence electrons. The van der Waals surface area contributed by atoms with Gasteiger partial charge >= 0.3 is 17.9 Å². The minimum Gasteiger partial charge on any atom is -0.481 e. The zero-order chi connectivity index (χ0) is 22.3. The van der Waals surface area contributed by atoms with Crippen molar-refractivity contribution in [3.8, 4) is 0 Å². The van der Waals surface area contributed by atoms with Crippen molar-refractivity contribution in [1.82, 2.24) is 0 Å². The maximum atomic E-state index is 12.6. The van der Waals surface area contributed by atoms with Gasteiger partial charge in [0.05, 0.1) is 11.8 Å². The molecule has 6 heteroatoms. The first-order chi connectivity index (χ1) is 14.0. The van der Waals surface area contributed by atoms with Gasteiger partial charge in [-0.05, 0) is 79.4 Å². The fraction of sp³-hybridized carbons (Fsp3) is 0.875. The highest BCUT2D eigenvalue weighted by Gasteiger charge is 2.61. The Morgan fingerprint density at radius 2 is 1.53 bits per heavy atom. The van der Waals surface area contributed by atoms with Gasteiger partial charge in [0.15, 0.2) is 0 Å². The molecule has 0 amide bonds. The van der Waals surface area contributed by atoms with Gasteiger partial charge in [0.1, 0.15) is 0 Å². The third-order valence-electron chi connectivity index (χ3n) is 9.53. The maximum Gasteiger partial charge on any atom is 0.307 e. The predicted octanol–water partition coefficient (Wildman–Crippen LogP) is 4.91. The molecule has 0 aromatic carbocycles. The minimum absolute atomic E-state index is 0.0409. The van der Waals surface area contributed by atoms with Crippen molar-refractivity contribution in [1.29, 1.82) is 0 Å². The topological polar surface area (TPSA) is 112 Å². The van der Waals surface area contributed by atoms with Gasteiger partial charge in [-0.25, -0.2) is 0 Å². The van der Waals surface area contributed by atoms with Crippen LogP contribution in [0.3, 0.4) is 0 Å². The van der Waals surface area contributed by atoms with Crippen molar-refractivity contribution in [2.75, 3.05) is 0 Å². The third kappa shape index (κ3) is 3.87. The van der Waals surface area contributed by atoms with E-state index >= 15 is 0 Å². The molecule has 0 radical (unpaired) electrons. The summed E-state index contributed by atoms with van der Waals surface area (Å²) in [5.74, 6) is -2.79. The molecule has 0 heterocycles. The molecule has 0 bridgehead atoms. The van der Waals surface area contributed by atoms with Gasteiger partial charge < -0.3 is 15.3 Å². The van der Waals surface area contributed by atoms with E-state index < -0.39 is 35.2 Å². The Kier molecular flexibility index (Phi) is 6.54. The van der Waals surface area contributed by atoms with Crippen molar-refractivity contribution in [2.45, 2.75) is 85.0 Å². The van der Waals surface area contributed by atoms with Crippen molar-refractivity contribution >= 4 is 17.9 Å². The van der Waals surface area contributed by atoms with E-state index in [-0.39, 0.29) is 29.6 Å². The van der Waals surface area contributed by atoms with E-state index in [4.69, 9.17) is 5.11 Å². The number of hydrogen-bond donors (Lipinski definition) is 3. The molecule has 30 heavy (non-hydrogen) atoms. The number of fused-ring (bicyclic) bond motifs is 1. The highest BCUT2D eigenvalue weighted by Crippen LogP contribution is 2.65. The quantitative estimate of drug-likeness (QED) is 0.537. The Morgan fingerprint density at radius 3 is 2.13 bits per heavy atom. The Bertz CT molecular complexity index is 689. The van der Waals surface area contributed by atoms with Gasteiger partial charge in [-0.3, -0.25) is 14.4 Å². The Balaban J connectivity index is 1.88. The fourth-order valence-electron chi connectivity index (χ4n) is 7.96. The zero-order valence-corrected chi connectivity index (χ0v) is 18.6. The summed E-state index contributed by atoms with van der Waals surface area (Å²) in [7, 11) is 0. The van der Waals surface area contributed by atoms with Gasteiger partial charge in [0.25, 0.3) is 0 Å². The molecular formula is C24H38O6. The summed E-state index contributed by atoms with van der Waals surface area (Å²) in [6.45, 7) is 6.37. The summed E-state index contributed by atoms with van der Waals surface area (Å²) in [5.41, 5.74) is -0.581. The van der Waals surface area contributed by atoms with E-state index in [1.807, 2.05) is 6.92 Å². The smallest absolute Gasteiger partial charge is 0.307 e. The van der Waals surface area contributed by atoms with Gasteiger partial charge in [-0.15, -0.1) is 0 Å². The van der Waals surface area contributed by atoms with Gasteiger partial charge in [-0.1, -0.05) is 33.6 Å². The van der Waals surface area contributed by atoms with Crippen LogP contribution in [0.15, 0.2) is 0 Å². The number of hydrogen-bond acceptors (Lipinski definition) is 3. The van der Waals surface area contributed by atoms with Crippen LogP contribution in [0.1, 0.15) is 85.0 Å². The summed E-state index contributed by atoms with van der Waals surface area (Å²) in [5, 5.41) is 29.3. The molecular weight excluding hydrogens is 384 g/mol. The fourth-order valence-corrected chi connectivity index (χ4v) is 7.96. The lowest BCUT2D eigenvalue weighted by Gasteiger charge is -2.55. The number of carboxylic acids is 3. The van der Waals surface area contributed by atoms with E-state index in [1.165, 1.54) is 0 Å². The highest BCUT2D eigenvalue weighted by atomic mass is 16.4. The summed E-state index contributed by atoms with van der Waals surface area (Å²) in [6, 6.07) is 0. The first-order valence-electron chi connectivity index (χ1n) is 11.7. The molecule has 3 fully saturated rings. The average Bonchev–Trinajstić information content (AvgIpc) is 3.02. The summed E-state index contributed by atoms with van der Waals surface area (Å²) in [6.07, 6.45) is 7.55. The number of carbonyl (C=O) groups is 3. The molecule has 0 aromatic rings. The second kappa shape index (κ2) is 8.51. The third-order valence-corrected chi connectivity index (χ3v) is 9.53. The summed E-state index contributed by atoms with van der Waals surface area (Å²) in [4.78, 5) is 35.7. The van der Waals surface area contributed by atoms with E-state index in [0.29, 0.717) is 18.8 Å². The normalized spacial score (nSPS) is 42.3. The predicted molar refractivity (Wildman–Crippen MR) is 112 cm³/mol. The van der Waals surface area contributed by atoms with E-state index in [1.54, 1.807) is 0 Å². The summed E-state index contributed by atoms with van der Waals surface area (Å²) < 4.78 is 0. The van der Waals surface area contributed by atoms with Crippen LogP contribution in [-0.2, 0) is 14.4 Å². The van der Waals surface area contributed by atoms with Crippen molar-refractivity contribution < 1.29 is 29.7 Å². The molecule has 3 aliphatic rings. The van der Waals surface area contributed by atoms with E-state index in [2.05, 4.69) is 13.8 Å². The van der Waals surface area contributed by atoms with E-state index in [9.17, 15) is 24.6 Å². The van der Waals surface area contributed by atoms with Gasteiger partial charge in [0, 0.05) is 6.42 Å². The molecule has 0 saturated heterocycles. The van der Waals surface area contributed by atoms with Crippen LogP contribution in [0.5, 0.6) is 0 Å². The van der Waals surface area contributed by atoms with Crippen LogP contribution in [0.2, 0.25) is 0 Å². The monoisotopic (exact) mass is 422 g/mol. The standard InChI is InChI=1S/C24H38O6/c1-14(7-10-19(25)26)15-8-9-16-20(22(29)30)17(11-13-24(15,16)3)23(2)12-5-4-6-18(23)21(27)28/h14-18,20H,4-13H2,1-3H3,(H,25,26)(H,27,28)(H,29,30). The van der Waals surface area contributed by atoms with Crippen molar-refractivity contribution in [3.05, 3.63) is 0 Å². The lowest BCUT2D eigenvalue weighted by molar-refractivity contribution is -0.168. The lowest BCUT2D eigenvalue weighted by atomic mass is 9.48. The Morgan fingerprint density at radius 1 is 0.867 bits per heavy atom. The molecule has 3 aliphatic carbocycles. The number of aliphatic carboxylic acids is 3. The van der Waals surface area contributed by atoms with E-state index in [0.717, 1.165) is 44.9 Å². The first kappa shape index (κ1) is 23.1. The zero-order valence-electron chi connectivity index (χ0n) is 18.6. The van der Waals surface area contributed by atoms with Crippen molar-refractivity contribution in [3.63, 3.8) is 0 Å². The first-order valence-corrected chi connectivity index (χ1v) is 11.7. The number of rotatable bonds is 7. The molecule has 6 nitrogen and oxygen atoms in total. The molecule has 3 saturated carbocycles. The maximum absolute atomic E-state index is 12.6. The van der Waals surface area contributed by atoms with Gasteiger partial charge in [0.2, 0.25) is 0 Å². The molecule has 0 aliphatic heterocycles. The van der Waals surface area contributed by atoms with Crippen LogP contribution in [0.25, 0.3) is 0 Å². The molecule has 3 N–H and O–H groups in total. The van der Waals surface area contributed by atoms with Crippen molar-refractivity contribution in [2.24, 2.45) is 46.3 Å². The van der Waals surface area contributed by atoms with Gasteiger partial charge in [-0.2, -0.15) is 0 Å². The minimum atomic E-state index is -0.779. The van der Waals surface area contributed by atoms with Crippen LogP contribution in [0, 0.1) is 46.3 Å².